The summed E-state index contributed by atoms with van der Waals surface area (Å²) in [6, 6.07) is -0.298. The Morgan fingerprint density at radius 3 is 2.37 bits per heavy atom. The normalized spacial score (nSPS) is 25.1. The van der Waals surface area contributed by atoms with E-state index in [0.29, 0.717) is 30.8 Å². The van der Waals surface area contributed by atoms with Gasteiger partial charge in [0.2, 0.25) is 0 Å². The van der Waals surface area contributed by atoms with Crippen molar-refractivity contribution < 1.29 is 14.7 Å². The molecule has 0 saturated carbocycles. The van der Waals surface area contributed by atoms with Crippen LogP contribution in [-0.2, 0) is 4.79 Å². The minimum Gasteiger partial charge on any atom is -0.480 e. The van der Waals surface area contributed by atoms with Crippen molar-refractivity contribution in [3.05, 3.63) is 0 Å². The van der Waals surface area contributed by atoms with E-state index in [1.54, 1.807) is 4.90 Å². The van der Waals surface area contributed by atoms with Crippen LogP contribution in [0.4, 0.5) is 4.79 Å². The van der Waals surface area contributed by atoms with Crippen LogP contribution in [0.3, 0.4) is 0 Å². The predicted molar refractivity (Wildman–Crippen MR) is 74.3 cm³/mol. The Kier molecular flexibility index (Phi) is 4.57. The molecule has 2 aliphatic rings. The zero-order chi connectivity index (χ0) is 14.0. The molecule has 2 fully saturated rings. The molecular formula is C12H21N3O3S. The molecule has 6 nitrogen and oxygen atoms in total. The maximum absolute atomic E-state index is 12.3. The fourth-order valence-electron chi connectivity index (χ4n) is 2.45. The predicted octanol–water partition coefficient (Wildman–Crippen LogP) is 0.592. The lowest BCUT2D eigenvalue weighted by Crippen LogP contribution is -2.55. The van der Waals surface area contributed by atoms with E-state index in [4.69, 9.17) is 5.11 Å². The number of thioether (sulfide) groups is 1. The lowest BCUT2D eigenvalue weighted by molar-refractivity contribution is -0.141. The average molecular weight is 287 g/mol. The first kappa shape index (κ1) is 14.5. The molecule has 2 amide bonds. The summed E-state index contributed by atoms with van der Waals surface area (Å²) in [5, 5.41) is 9.11. The highest BCUT2D eigenvalue weighted by Crippen LogP contribution is 2.23. The number of hydrogen-bond donors (Lipinski definition) is 1. The van der Waals surface area contributed by atoms with Crippen molar-refractivity contribution in [1.29, 1.82) is 0 Å². The van der Waals surface area contributed by atoms with E-state index in [1.807, 2.05) is 0 Å². The van der Waals surface area contributed by atoms with Gasteiger partial charge in [0.05, 0.1) is 5.88 Å². The molecule has 0 aromatic carbocycles. The first-order valence-electron chi connectivity index (χ1n) is 6.61. The summed E-state index contributed by atoms with van der Waals surface area (Å²) in [6.45, 7) is 7.39. The van der Waals surface area contributed by atoms with Gasteiger partial charge in [-0.2, -0.15) is 0 Å². The summed E-state index contributed by atoms with van der Waals surface area (Å²) in [4.78, 5) is 29.0. The maximum Gasteiger partial charge on any atom is 0.327 e. The third-order valence-electron chi connectivity index (χ3n) is 3.73. The largest absolute Gasteiger partial charge is 0.480 e. The highest BCUT2D eigenvalue weighted by Gasteiger charge is 2.37. The van der Waals surface area contributed by atoms with Gasteiger partial charge in [-0.1, -0.05) is 0 Å². The third kappa shape index (κ3) is 3.14. The molecule has 19 heavy (non-hydrogen) atoms. The number of nitrogens with zero attached hydrogens (tertiary/aromatic N) is 3. The summed E-state index contributed by atoms with van der Waals surface area (Å²) >= 11 is 1.50. The van der Waals surface area contributed by atoms with Gasteiger partial charge >= 0.3 is 12.0 Å². The second-order valence-electron chi connectivity index (χ2n) is 5.22. The van der Waals surface area contributed by atoms with Gasteiger partial charge < -0.3 is 14.9 Å². The SMILES string of the molecule is CC(C)N1CCN(C(=O)N2CSC[C@H]2C(=O)O)CC1. The molecule has 2 aliphatic heterocycles. The van der Waals surface area contributed by atoms with Gasteiger partial charge in [0.15, 0.2) is 0 Å². The lowest BCUT2D eigenvalue weighted by Gasteiger charge is -2.38. The van der Waals surface area contributed by atoms with Crippen molar-refractivity contribution >= 4 is 23.8 Å². The average Bonchev–Trinajstić information content (AvgIpc) is 2.87. The van der Waals surface area contributed by atoms with E-state index in [1.165, 1.54) is 16.7 Å². The van der Waals surface area contributed by atoms with E-state index in [0.717, 1.165) is 13.1 Å². The van der Waals surface area contributed by atoms with Crippen molar-refractivity contribution in [2.24, 2.45) is 0 Å². The van der Waals surface area contributed by atoms with Crippen LogP contribution in [0.15, 0.2) is 0 Å². The van der Waals surface area contributed by atoms with Crippen LogP contribution in [-0.4, -0.2) is 81.7 Å². The molecule has 2 rings (SSSR count). The molecule has 1 atom stereocenters. The van der Waals surface area contributed by atoms with Gasteiger partial charge in [-0.15, -0.1) is 11.8 Å². The minimum absolute atomic E-state index is 0.124. The van der Waals surface area contributed by atoms with E-state index in [2.05, 4.69) is 18.7 Å². The topological polar surface area (TPSA) is 64.1 Å². The van der Waals surface area contributed by atoms with Crippen molar-refractivity contribution in [3.8, 4) is 0 Å². The maximum atomic E-state index is 12.3. The number of aliphatic carboxylic acids is 1. The molecule has 0 aromatic heterocycles. The fourth-order valence-corrected chi connectivity index (χ4v) is 3.59. The van der Waals surface area contributed by atoms with Crippen molar-refractivity contribution in [3.63, 3.8) is 0 Å². The van der Waals surface area contributed by atoms with Crippen LogP contribution in [0.1, 0.15) is 13.8 Å². The number of piperazine rings is 1. The van der Waals surface area contributed by atoms with E-state index in [9.17, 15) is 9.59 Å². The Balaban J connectivity index is 1.92. The Morgan fingerprint density at radius 2 is 1.84 bits per heavy atom. The number of hydrogen-bond acceptors (Lipinski definition) is 4. The number of urea groups is 1. The summed E-state index contributed by atoms with van der Waals surface area (Å²) in [7, 11) is 0. The Bertz CT molecular complexity index is 356. The molecule has 0 unspecified atom stereocenters. The van der Waals surface area contributed by atoms with Crippen LogP contribution < -0.4 is 0 Å². The van der Waals surface area contributed by atoms with Crippen molar-refractivity contribution in [2.75, 3.05) is 37.8 Å². The van der Waals surface area contributed by atoms with Crippen molar-refractivity contribution in [2.45, 2.75) is 25.9 Å². The van der Waals surface area contributed by atoms with Crippen LogP contribution in [0.2, 0.25) is 0 Å². The number of amides is 2. The lowest BCUT2D eigenvalue weighted by atomic mass is 10.2. The standard InChI is InChI=1S/C12H21N3O3S/c1-9(2)13-3-5-14(6-4-13)12(18)15-8-19-7-10(15)11(16)17/h9-10H,3-8H2,1-2H3,(H,16,17)/t10-/m0/s1. The van der Waals surface area contributed by atoms with E-state index < -0.39 is 12.0 Å². The van der Waals surface area contributed by atoms with Gasteiger partial charge in [-0.25, -0.2) is 9.59 Å². The fraction of sp³-hybridized carbons (Fsp3) is 0.833. The molecule has 2 heterocycles. The van der Waals surface area contributed by atoms with Crippen LogP contribution in [0.25, 0.3) is 0 Å². The van der Waals surface area contributed by atoms with E-state index in [-0.39, 0.29) is 6.03 Å². The van der Waals surface area contributed by atoms with Crippen LogP contribution in [0.5, 0.6) is 0 Å². The van der Waals surface area contributed by atoms with Gasteiger partial charge in [0.1, 0.15) is 6.04 Å². The molecule has 108 valence electrons. The molecule has 1 N–H and O–H groups in total. The third-order valence-corrected chi connectivity index (χ3v) is 4.74. The summed E-state index contributed by atoms with van der Waals surface area (Å²) in [6.07, 6.45) is 0. The Hall–Kier alpha value is -0.950. The van der Waals surface area contributed by atoms with Crippen LogP contribution >= 0.6 is 11.8 Å². The summed E-state index contributed by atoms with van der Waals surface area (Å²) < 4.78 is 0. The second kappa shape index (κ2) is 6.00. The monoisotopic (exact) mass is 287 g/mol. The van der Waals surface area contributed by atoms with E-state index >= 15 is 0 Å². The highest BCUT2D eigenvalue weighted by atomic mass is 32.2. The molecule has 0 radical (unpaired) electrons. The minimum atomic E-state index is -0.904. The molecule has 0 bridgehead atoms. The smallest absolute Gasteiger partial charge is 0.327 e. The van der Waals surface area contributed by atoms with Gasteiger partial charge in [0, 0.05) is 38.0 Å². The number of carboxylic acids is 1. The first-order chi connectivity index (χ1) is 9.00. The number of carbonyl (C=O) groups excluding carboxylic acids is 1. The zero-order valence-corrected chi connectivity index (χ0v) is 12.2. The zero-order valence-electron chi connectivity index (χ0n) is 11.4. The summed E-state index contributed by atoms with van der Waals surface area (Å²) in [5.41, 5.74) is 0. The van der Waals surface area contributed by atoms with Crippen LogP contribution in [0, 0.1) is 0 Å². The second-order valence-corrected chi connectivity index (χ2v) is 6.22. The van der Waals surface area contributed by atoms with Gasteiger partial charge in [-0.05, 0) is 13.8 Å². The number of rotatable bonds is 2. The summed E-state index contributed by atoms with van der Waals surface area (Å²) in [5.74, 6) is 0.0758. The highest BCUT2D eigenvalue weighted by molar-refractivity contribution is 7.99. The van der Waals surface area contributed by atoms with Gasteiger partial charge in [0.25, 0.3) is 0 Å². The number of carbonyl (C=O) groups is 2. The Labute approximate surface area is 117 Å². The molecule has 2 saturated heterocycles. The first-order valence-corrected chi connectivity index (χ1v) is 7.76. The number of carboxylic acid groups (broad SMARTS) is 1. The van der Waals surface area contributed by atoms with Gasteiger partial charge in [-0.3, -0.25) is 4.90 Å². The quantitative estimate of drug-likeness (QED) is 0.805. The molecular weight excluding hydrogens is 266 g/mol. The molecule has 0 aromatic rings. The molecule has 0 aliphatic carbocycles. The molecule has 0 spiro atoms. The van der Waals surface area contributed by atoms with Crippen molar-refractivity contribution in [1.82, 2.24) is 14.7 Å². The Morgan fingerprint density at radius 1 is 1.21 bits per heavy atom. The molecule has 7 heteroatoms.